The van der Waals surface area contributed by atoms with Crippen LogP contribution in [0.5, 0.6) is 0 Å². The van der Waals surface area contributed by atoms with E-state index in [0.29, 0.717) is 65.3 Å². The molecule has 0 saturated heterocycles. The van der Waals surface area contributed by atoms with Crippen LogP contribution in [-0.4, -0.2) is 82.5 Å². The molecule has 45 heteroatoms. The highest BCUT2D eigenvalue weighted by Gasteiger charge is 2.20. The van der Waals surface area contributed by atoms with Crippen LogP contribution in [0.4, 0.5) is 112 Å². The molecule has 0 aliphatic carbocycles. The number of amides is 2. The summed E-state index contributed by atoms with van der Waals surface area (Å²) in [4.78, 5) is 118. The Labute approximate surface area is 670 Å². The molecule has 114 heavy (non-hydrogen) atoms. The normalized spacial score (nSPS) is 9.77. The number of hydrogen-bond donors (Lipinski definition) is 12. The second-order valence-corrected chi connectivity index (χ2v) is 27.4. The number of anilines is 12. The highest BCUT2D eigenvalue weighted by atomic mass is 32.1. The number of nitro groups is 6. The molecule has 596 valence electrons. The molecular formula is C69H71N21O18S6. The molecule has 0 saturated carbocycles. The average molecular weight is 1670 g/mol. The third-order valence-electron chi connectivity index (χ3n) is 13.5. The van der Waals surface area contributed by atoms with Gasteiger partial charge in [-0.15, -0.1) is 68.0 Å². The summed E-state index contributed by atoms with van der Waals surface area (Å²) in [5.41, 5.74) is 35.3. The second-order valence-electron chi connectivity index (χ2n) is 21.4. The van der Waals surface area contributed by atoms with Crippen molar-refractivity contribution in [1.82, 2.24) is 15.0 Å². The van der Waals surface area contributed by atoms with Gasteiger partial charge in [0, 0.05) is 128 Å². The number of rotatable bonds is 24. The summed E-state index contributed by atoms with van der Waals surface area (Å²) in [5.74, 6) is 0. The molecule has 6 heterocycles. The Balaban J connectivity index is 0.000000239. The molecule has 0 aliphatic rings. The van der Waals surface area contributed by atoms with E-state index in [-0.39, 0.29) is 81.5 Å². The molecule has 18 N–H and O–H groups in total. The first-order chi connectivity index (χ1) is 54.6. The van der Waals surface area contributed by atoms with E-state index in [9.17, 15) is 79.9 Å². The van der Waals surface area contributed by atoms with Gasteiger partial charge in [-0.1, -0.05) is 18.2 Å². The van der Waals surface area contributed by atoms with Crippen LogP contribution in [0.2, 0.25) is 0 Å². The van der Waals surface area contributed by atoms with Gasteiger partial charge < -0.3 is 65.1 Å². The van der Waals surface area contributed by atoms with Gasteiger partial charge in [-0.25, -0.2) is 24.5 Å². The van der Waals surface area contributed by atoms with Crippen LogP contribution < -0.4 is 66.3 Å². The minimum atomic E-state index is -0.728. The zero-order valence-corrected chi connectivity index (χ0v) is 64.6. The van der Waals surface area contributed by atoms with Crippen LogP contribution in [0.15, 0.2) is 196 Å². The number of nitrogens with one attached hydrogen (secondary N) is 6. The molecule has 12 rings (SSSR count). The predicted molar refractivity (Wildman–Crippen MR) is 446 cm³/mol. The van der Waals surface area contributed by atoms with Gasteiger partial charge in [0.2, 0.25) is 0 Å². The quantitative estimate of drug-likeness (QED) is 0.0116. The third kappa shape index (κ3) is 32.4. The van der Waals surface area contributed by atoms with E-state index in [1.165, 1.54) is 135 Å². The number of nitrogens with two attached hydrogens (primary N) is 6. The number of nitro benzene ring substituents is 6. The standard InChI is InChI=1S/C14H15N3O4S.C13H14N4O4S.C11H11N3O2S.C10H10N4O2S.2C6H7N3O2.C5H4OS.C4H3NOS/c1-2-21-14(18)16-12-6-5-10(8-13(12)17(19)20)15-9-11-4-3-7-22-11;1-2-21-13(18)16-10-4-3-9(7-11(10)17(19)20)15-8-12-14-5-6-22-12;12-10-4-3-8(6-11(10)14(15)16)13-7-9-2-1-5-17-9;11-8-2-1-7(5-9(8)14(15)16)13-6-10-12-3-4-17-10;2*7-4-1-2-5(8)6(3-4)9(10)11;6-4-5-2-1-3-7-5;6-3-4-5-1-2-7-4/h3-8,15H,2,9H2,1H3,(H,16,18);3-7,15H,2,8H2,1H3,(H,16,18);1-6,13H,7,12H2;1-5,13H,6,11H2;2*1-3H,7-8H2;1-4H;1-3H. The number of aldehydes is 2. The lowest BCUT2D eigenvalue weighted by Gasteiger charge is -2.09. The van der Waals surface area contributed by atoms with Crippen molar-refractivity contribution in [2.45, 2.75) is 40.0 Å². The first kappa shape index (κ1) is 90.2. The number of aromatic nitrogens is 3. The minimum absolute atomic E-state index is 0.0684. The fourth-order valence-electron chi connectivity index (χ4n) is 8.30. The van der Waals surface area contributed by atoms with Crippen LogP contribution in [0.25, 0.3) is 0 Å². The van der Waals surface area contributed by atoms with Crippen molar-refractivity contribution >= 4 is 195 Å². The number of benzene rings is 6. The molecule has 0 aliphatic heterocycles. The SMILES string of the molecule is CCOC(=O)Nc1ccc(NCc2cccs2)cc1[N+](=O)[O-].CCOC(=O)Nc1ccc(NCc2nccs2)cc1[N+](=O)[O-].Nc1ccc(N)c([N+](=O)[O-])c1.Nc1ccc(N)c([N+](=O)[O-])c1.Nc1ccc(NCc2cccs2)cc1[N+](=O)[O-].Nc1ccc(NCc2nccs2)cc1[N+](=O)[O-].O=Cc1cccs1.O=Cc1nccs1. The first-order valence-corrected chi connectivity index (χ1v) is 37.6. The van der Waals surface area contributed by atoms with E-state index < -0.39 is 41.7 Å². The maximum Gasteiger partial charge on any atom is 0.411 e. The van der Waals surface area contributed by atoms with Gasteiger partial charge >= 0.3 is 12.2 Å². The summed E-state index contributed by atoms with van der Waals surface area (Å²) in [6.07, 6.45) is 5.16. The van der Waals surface area contributed by atoms with Crippen molar-refractivity contribution in [3.8, 4) is 0 Å². The van der Waals surface area contributed by atoms with Crippen LogP contribution in [0.1, 0.15) is 53.1 Å². The summed E-state index contributed by atoms with van der Waals surface area (Å²) in [6.45, 7) is 5.94. The largest absolute Gasteiger partial charge is 0.450 e. The average Bonchev–Trinajstić information content (AvgIpc) is 1.69. The maximum absolute atomic E-state index is 11.4. The van der Waals surface area contributed by atoms with Gasteiger partial charge in [0.05, 0.1) is 60.7 Å². The van der Waals surface area contributed by atoms with Crippen molar-refractivity contribution in [2.75, 3.05) is 79.5 Å². The van der Waals surface area contributed by atoms with Gasteiger partial charge in [-0.05, 0) is 121 Å². The molecular weight excluding hydrogens is 1600 g/mol. The molecule has 12 aromatic rings. The summed E-state index contributed by atoms with van der Waals surface area (Å²) < 4.78 is 9.43. The molecule has 2 amide bonds. The van der Waals surface area contributed by atoms with Crippen molar-refractivity contribution in [1.29, 1.82) is 0 Å². The molecule has 6 aromatic carbocycles. The second kappa shape index (κ2) is 48.2. The number of nitrogens with zero attached hydrogens (tertiary/aromatic N) is 9. The van der Waals surface area contributed by atoms with Crippen molar-refractivity contribution in [3.05, 3.63) is 287 Å². The van der Waals surface area contributed by atoms with Gasteiger partial charge in [-0.2, -0.15) is 0 Å². The maximum atomic E-state index is 11.4. The van der Waals surface area contributed by atoms with E-state index in [1.807, 2.05) is 57.2 Å². The lowest BCUT2D eigenvalue weighted by Crippen LogP contribution is -2.14. The van der Waals surface area contributed by atoms with Crippen molar-refractivity contribution in [3.63, 3.8) is 0 Å². The fourth-order valence-corrected chi connectivity index (χ4v) is 11.7. The summed E-state index contributed by atoms with van der Waals surface area (Å²) in [7, 11) is 0. The number of thiazole rings is 3. The minimum Gasteiger partial charge on any atom is -0.450 e. The number of thiophene rings is 3. The smallest absolute Gasteiger partial charge is 0.411 e. The van der Waals surface area contributed by atoms with Gasteiger partial charge in [0.15, 0.2) is 17.6 Å². The lowest BCUT2D eigenvalue weighted by molar-refractivity contribution is -0.384. The summed E-state index contributed by atoms with van der Waals surface area (Å²) in [6, 6.07) is 38.2. The van der Waals surface area contributed by atoms with Gasteiger partial charge in [0.25, 0.3) is 34.1 Å². The van der Waals surface area contributed by atoms with Crippen LogP contribution in [0, 0.1) is 60.7 Å². The topological polar surface area (TPSA) is 613 Å². The first-order valence-electron chi connectivity index (χ1n) is 32.3. The highest BCUT2D eigenvalue weighted by molar-refractivity contribution is 7.12. The Morgan fingerprint density at radius 1 is 0.386 bits per heavy atom. The summed E-state index contributed by atoms with van der Waals surface area (Å²) >= 11 is 9.05. The molecule has 0 fully saturated rings. The Kier molecular flexibility index (Phi) is 38.1. The Morgan fingerprint density at radius 2 is 0.719 bits per heavy atom. The molecule has 0 atom stereocenters. The van der Waals surface area contributed by atoms with E-state index in [2.05, 4.69) is 46.9 Å². The molecule has 0 unspecified atom stereocenters. The third-order valence-corrected chi connectivity index (χ3v) is 18.3. The number of carbonyl (C=O) groups is 4. The Bertz CT molecular complexity index is 4760. The zero-order valence-electron chi connectivity index (χ0n) is 59.7. The molecule has 39 nitrogen and oxygen atoms in total. The molecule has 0 spiro atoms. The van der Waals surface area contributed by atoms with Crippen LogP contribution in [0.3, 0.4) is 0 Å². The zero-order chi connectivity index (χ0) is 83.5. The summed E-state index contributed by atoms with van der Waals surface area (Å²) in [5, 5.41) is 94.9. The van der Waals surface area contributed by atoms with E-state index in [4.69, 9.17) is 43.9 Å². The van der Waals surface area contributed by atoms with E-state index in [0.717, 1.165) is 32.3 Å². The fraction of sp³-hybridized carbons (Fsp3) is 0.116. The number of ether oxygens (including phenoxy) is 2. The van der Waals surface area contributed by atoms with Crippen LogP contribution in [-0.2, 0) is 35.7 Å². The Morgan fingerprint density at radius 3 is 1.00 bits per heavy atom. The van der Waals surface area contributed by atoms with E-state index in [1.54, 1.807) is 90.8 Å². The number of carbonyl (C=O) groups excluding carboxylic acids is 4. The van der Waals surface area contributed by atoms with Crippen molar-refractivity contribution in [2.24, 2.45) is 0 Å². The molecule has 0 bridgehead atoms. The predicted octanol–water partition coefficient (Wildman–Crippen LogP) is 16.2. The molecule has 0 radical (unpaired) electrons. The number of nitrogen functional groups attached to an aromatic ring is 6. The highest BCUT2D eigenvalue weighted by Crippen LogP contribution is 2.32. The number of hydrogen-bond acceptors (Lipinski definition) is 37. The van der Waals surface area contributed by atoms with Gasteiger partial charge in [0.1, 0.15) is 44.1 Å². The van der Waals surface area contributed by atoms with Gasteiger partial charge in [-0.3, -0.25) is 80.9 Å². The van der Waals surface area contributed by atoms with Crippen LogP contribution >= 0.6 is 68.0 Å². The monoisotopic (exact) mass is 1670 g/mol. The lowest BCUT2D eigenvalue weighted by atomic mass is 10.2. The van der Waals surface area contributed by atoms with Crippen molar-refractivity contribution < 1.29 is 58.2 Å². The van der Waals surface area contributed by atoms with E-state index >= 15 is 0 Å². The molecule has 6 aromatic heterocycles. The Hall–Kier alpha value is -14.4.